The molecule has 1 aromatic heterocycles. The highest BCUT2D eigenvalue weighted by Crippen LogP contribution is 2.24. The molecule has 0 aliphatic rings. The van der Waals surface area contributed by atoms with E-state index in [0.29, 0.717) is 0 Å². The van der Waals surface area contributed by atoms with Crippen LogP contribution in [0.5, 0.6) is 0 Å². The van der Waals surface area contributed by atoms with Crippen LogP contribution in [-0.2, 0) is 10.0 Å². The Hall–Kier alpha value is -1.31. The van der Waals surface area contributed by atoms with Crippen LogP contribution >= 0.6 is 11.6 Å². The van der Waals surface area contributed by atoms with Gasteiger partial charge >= 0.3 is 5.76 Å². The molecule has 0 radical (unpaired) electrons. The van der Waals surface area contributed by atoms with Crippen molar-refractivity contribution in [3.8, 4) is 0 Å². The normalized spacial score (nSPS) is 12.1. The number of rotatable bonds is 1. The Kier molecular flexibility index (Phi) is 2.10. The number of nitrogens with two attached hydrogens (primary N) is 1. The average molecular weight is 249 g/mol. The average Bonchev–Trinajstić information content (AvgIpc) is 2.40. The first-order valence-corrected chi connectivity index (χ1v) is 5.65. The van der Waals surface area contributed by atoms with Crippen LogP contribution in [0.15, 0.2) is 26.2 Å². The molecule has 15 heavy (non-hydrogen) atoms. The Balaban J connectivity index is 2.89. The number of hydrogen-bond donors (Lipinski definition) is 2. The van der Waals surface area contributed by atoms with E-state index in [1.165, 1.54) is 6.07 Å². The molecule has 2 aromatic rings. The zero-order valence-electron chi connectivity index (χ0n) is 7.15. The summed E-state index contributed by atoms with van der Waals surface area (Å²) in [5.74, 6) is -0.687. The Labute approximate surface area is 88.7 Å². The van der Waals surface area contributed by atoms with Crippen molar-refractivity contribution in [2.45, 2.75) is 4.90 Å². The molecular weight excluding hydrogens is 244 g/mol. The number of oxazole rings is 1. The Morgan fingerprint density at radius 2 is 2.07 bits per heavy atom. The number of benzene rings is 1. The van der Waals surface area contributed by atoms with E-state index < -0.39 is 15.8 Å². The van der Waals surface area contributed by atoms with Gasteiger partial charge in [0.2, 0.25) is 10.0 Å². The van der Waals surface area contributed by atoms with Gasteiger partial charge in [0.1, 0.15) is 4.90 Å². The van der Waals surface area contributed by atoms with Gasteiger partial charge in [0, 0.05) is 6.07 Å². The van der Waals surface area contributed by atoms with E-state index in [0.717, 1.165) is 6.07 Å². The molecule has 1 aromatic carbocycles. The Bertz CT molecular complexity index is 685. The van der Waals surface area contributed by atoms with Gasteiger partial charge in [-0.25, -0.2) is 18.4 Å². The third-order valence-electron chi connectivity index (χ3n) is 1.78. The molecule has 0 saturated heterocycles. The van der Waals surface area contributed by atoms with Gasteiger partial charge in [0.05, 0.1) is 10.5 Å². The fourth-order valence-electron chi connectivity index (χ4n) is 1.17. The quantitative estimate of drug-likeness (QED) is 0.763. The number of sulfonamides is 1. The molecule has 0 aliphatic carbocycles. The molecule has 0 fully saturated rings. The van der Waals surface area contributed by atoms with Gasteiger partial charge in [-0.2, -0.15) is 0 Å². The van der Waals surface area contributed by atoms with Gasteiger partial charge in [0.15, 0.2) is 5.58 Å². The van der Waals surface area contributed by atoms with Crippen molar-refractivity contribution in [2.24, 2.45) is 5.14 Å². The monoisotopic (exact) mass is 248 g/mol. The van der Waals surface area contributed by atoms with Crippen LogP contribution in [0.4, 0.5) is 0 Å². The first-order chi connectivity index (χ1) is 6.88. The lowest BCUT2D eigenvalue weighted by atomic mass is 10.3. The van der Waals surface area contributed by atoms with Gasteiger partial charge in [0.25, 0.3) is 0 Å². The van der Waals surface area contributed by atoms with Crippen molar-refractivity contribution in [1.29, 1.82) is 0 Å². The SMILES string of the molecule is NS(=O)(=O)c1cc2[nH]c(=O)oc2cc1Cl. The second-order valence-corrected chi connectivity index (χ2v) is 4.78. The largest absolute Gasteiger partial charge is 0.417 e. The third-order valence-corrected chi connectivity index (χ3v) is 3.16. The van der Waals surface area contributed by atoms with Gasteiger partial charge in [-0.3, -0.25) is 4.98 Å². The molecule has 80 valence electrons. The predicted octanol–water partition coefficient (Wildman–Crippen LogP) is 0.422. The minimum atomic E-state index is -3.91. The third kappa shape index (κ3) is 1.76. The first kappa shape index (κ1) is 10.2. The number of H-pyrrole nitrogens is 1. The van der Waals surface area contributed by atoms with Crippen LogP contribution < -0.4 is 10.9 Å². The van der Waals surface area contributed by atoms with E-state index >= 15 is 0 Å². The van der Waals surface area contributed by atoms with E-state index in [2.05, 4.69) is 9.40 Å². The van der Waals surface area contributed by atoms with Crippen LogP contribution in [0.25, 0.3) is 11.1 Å². The highest BCUT2D eigenvalue weighted by Gasteiger charge is 2.15. The second-order valence-electron chi connectivity index (χ2n) is 2.84. The van der Waals surface area contributed by atoms with Gasteiger partial charge in [-0.05, 0) is 6.07 Å². The number of nitrogens with one attached hydrogen (secondary N) is 1. The summed E-state index contributed by atoms with van der Waals surface area (Å²) in [5.41, 5.74) is 0.408. The summed E-state index contributed by atoms with van der Waals surface area (Å²) in [6, 6.07) is 2.37. The number of halogens is 1. The molecule has 0 atom stereocenters. The molecule has 0 aliphatic heterocycles. The van der Waals surface area contributed by atoms with Crippen molar-refractivity contribution in [3.63, 3.8) is 0 Å². The summed E-state index contributed by atoms with van der Waals surface area (Å²) in [6.45, 7) is 0. The number of primary sulfonamides is 1. The highest BCUT2D eigenvalue weighted by molar-refractivity contribution is 7.89. The summed E-state index contributed by atoms with van der Waals surface area (Å²) in [6.07, 6.45) is 0. The lowest BCUT2D eigenvalue weighted by Gasteiger charge is -1.99. The maximum absolute atomic E-state index is 11.1. The Morgan fingerprint density at radius 1 is 1.40 bits per heavy atom. The van der Waals surface area contributed by atoms with E-state index in [9.17, 15) is 13.2 Å². The van der Waals surface area contributed by atoms with Crippen LogP contribution in [0.3, 0.4) is 0 Å². The zero-order chi connectivity index (χ0) is 11.2. The fourth-order valence-corrected chi connectivity index (χ4v) is 2.26. The molecule has 1 heterocycles. The zero-order valence-corrected chi connectivity index (χ0v) is 8.72. The molecule has 2 rings (SSSR count). The van der Waals surface area contributed by atoms with Crippen molar-refractivity contribution in [2.75, 3.05) is 0 Å². The minimum Gasteiger partial charge on any atom is -0.408 e. The summed E-state index contributed by atoms with van der Waals surface area (Å²) >= 11 is 5.66. The van der Waals surface area contributed by atoms with E-state index in [4.69, 9.17) is 16.7 Å². The van der Waals surface area contributed by atoms with E-state index in [1.807, 2.05) is 0 Å². The number of hydrogen-bond acceptors (Lipinski definition) is 4. The summed E-state index contributed by atoms with van der Waals surface area (Å²) in [5, 5.41) is 4.83. The standard InChI is InChI=1S/C7H5ClN2O4S/c8-3-1-5-4(10-7(11)14-5)2-6(3)15(9,12)13/h1-2H,(H,10,11)(H2,9,12,13). The fraction of sp³-hybridized carbons (Fsp3) is 0. The summed E-state index contributed by atoms with van der Waals surface area (Å²) < 4.78 is 26.8. The van der Waals surface area contributed by atoms with Gasteiger partial charge in [-0.1, -0.05) is 11.6 Å². The predicted molar refractivity (Wildman–Crippen MR) is 53.2 cm³/mol. The van der Waals surface area contributed by atoms with Crippen LogP contribution in [0.2, 0.25) is 5.02 Å². The molecule has 3 N–H and O–H groups in total. The minimum absolute atomic E-state index is 0.0900. The lowest BCUT2D eigenvalue weighted by Crippen LogP contribution is -2.12. The van der Waals surface area contributed by atoms with Crippen molar-refractivity contribution in [3.05, 3.63) is 27.7 Å². The molecule has 0 amide bonds. The lowest BCUT2D eigenvalue weighted by molar-refractivity contribution is 0.555. The van der Waals surface area contributed by atoms with E-state index in [1.54, 1.807) is 0 Å². The van der Waals surface area contributed by atoms with Crippen LogP contribution in [-0.4, -0.2) is 13.4 Å². The second kappa shape index (κ2) is 3.09. The molecule has 8 heteroatoms. The van der Waals surface area contributed by atoms with Crippen molar-refractivity contribution < 1.29 is 12.8 Å². The number of aromatic nitrogens is 1. The van der Waals surface area contributed by atoms with Crippen LogP contribution in [0, 0.1) is 0 Å². The summed E-state index contributed by atoms with van der Waals surface area (Å²) in [4.78, 5) is 12.9. The van der Waals surface area contributed by atoms with Gasteiger partial charge in [-0.15, -0.1) is 0 Å². The number of fused-ring (bicyclic) bond motifs is 1. The molecule has 6 nitrogen and oxygen atoms in total. The summed E-state index contributed by atoms with van der Waals surface area (Å²) in [7, 11) is -3.91. The molecule has 0 saturated carbocycles. The Morgan fingerprint density at radius 3 is 2.67 bits per heavy atom. The van der Waals surface area contributed by atoms with E-state index in [-0.39, 0.29) is 21.0 Å². The van der Waals surface area contributed by atoms with Crippen molar-refractivity contribution in [1.82, 2.24) is 4.98 Å². The maximum Gasteiger partial charge on any atom is 0.417 e. The molecular formula is C7H5ClN2O4S. The number of aromatic amines is 1. The van der Waals surface area contributed by atoms with Crippen LogP contribution in [0.1, 0.15) is 0 Å². The molecule has 0 unspecified atom stereocenters. The molecule has 0 spiro atoms. The maximum atomic E-state index is 11.1. The first-order valence-electron chi connectivity index (χ1n) is 3.73. The molecule has 0 bridgehead atoms. The van der Waals surface area contributed by atoms with Gasteiger partial charge < -0.3 is 4.42 Å². The van der Waals surface area contributed by atoms with Crippen molar-refractivity contribution >= 4 is 32.7 Å². The highest BCUT2D eigenvalue weighted by atomic mass is 35.5. The topological polar surface area (TPSA) is 106 Å². The smallest absolute Gasteiger partial charge is 0.408 e.